The smallest absolute Gasteiger partial charge is 0.282 e. The maximum absolute atomic E-state index is 12.3. The zero-order valence-electron chi connectivity index (χ0n) is 8.29. The van der Waals surface area contributed by atoms with Crippen molar-refractivity contribution in [3.63, 3.8) is 0 Å². The zero-order valence-corrected chi connectivity index (χ0v) is 9.11. The van der Waals surface area contributed by atoms with Gasteiger partial charge in [0.15, 0.2) is 0 Å². The number of nitrogens with one attached hydrogen (secondary N) is 1. The third kappa shape index (κ3) is 2.56. The first-order valence-corrected chi connectivity index (χ1v) is 6.59. The summed E-state index contributed by atoms with van der Waals surface area (Å²) >= 11 is 0. The zero-order chi connectivity index (χ0) is 10.9. The third-order valence-corrected chi connectivity index (χ3v) is 3.42. The minimum absolute atomic E-state index is 0.171. The van der Waals surface area contributed by atoms with Gasteiger partial charge in [-0.1, -0.05) is 0 Å². The van der Waals surface area contributed by atoms with Crippen molar-refractivity contribution in [2.75, 3.05) is 5.75 Å². The van der Waals surface area contributed by atoms with Crippen molar-refractivity contribution >= 4 is 10.2 Å². The van der Waals surface area contributed by atoms with E-state index in [1.165, 1.54) is 0 Å². The number of aryl methyl sites for hydroxylation is 2. The van der Waals surface area contributed by atoms with Crippen molar-refractivity contribution < 1.29 is 12.3 Å². The Balaban J connectivity index is 2.12. The van der Waals surface area contributed by atoms with E-state index in [4.69, 9.17) is 0 Å². The van der Waals surface area contributed by atoms with E-state index in [1.54, 1.807) is 0 Å². The van der Waals surface area contributed by atoms with E-state index < -0.39 is 16.0 Å². The lowest BCUT2D eigenvalue weighted by Crippen LogP contribution is -2.06. The summed E-state index contributed by atoms with van der Waals surface area (Å²) in [7, 11) is -4.38. The molecule has 0 aliphatic heterocycles. The number of hydrogen-bond donors (Lipinski definition) is 1. The van der Waals surface area contributed by atoms with E-state index in [0.29, 0.717) is 5.69 Å². The van der Waals surface area contributed by atoms with Crippen LogP contribution in [-0.4, -0.2) is 24.4 Å². The number of aromatic nitrogens is 2. The Morgan fingerprint density at radius 1 is 1.33 bits per heavy atom. The highest BCUT2D eigenvalue weighted by Gasteiger charge is 2.18. The lowest BCUT2D eigenvalue weighted by atomic mass is 9.95. The predicted octanol–water partition coefficient (Wildman–Crippen LogP) is 1.13. The van der Waals surface area contributed by atoms with Gasteiger partial charge in [-0.2, -0.15) is 13.5 Å². The summed E-state index contributed by atoms with van der Waals surface area (Å²) in [4.78, 5) is 0. The molecule has 1 aliphatic rings. The van der Waals surface area contributed by atoms with E-state index in [-0.39, 0.29) is 6.42 Å². The summed E-state index contributed by atoms with van der Waals surface area (Å²) in [5.74, 6) is -0.468. The molecule has 0 saturated heterocycles. The van der Waals surface area contributed by atoms with Crippen molar-refractivity contribution in [1.29, 1.82) is 0 Å². The third-order valence-electron chi connectivity index (χ3n) is 2.72. The number of aromatic amines is 1. The molecule has 0 radical (unpaired) electrons. The molecule has 84 valence electrons. The van der Waals surface area contributed by atoms with Crippen LogP contribution in [0, 0.1) is 0 Å². The van der Waals surface area contributed by atoms with Gasteiger partial charge in [0.1, 0.15) is 0 Å². The fourth-order valence-electron chi connectivity index (χ4n) is 1.97. The molecule has 0 saturated carbocycles. The molecule has 15 heavy (non-hydrogen) atoms. The Morgan fingerprint density at radius 3 is 2.80 bits per heavy atom. The summed E-state index contributed by atoms with van der Waals surface area (Å²) in [5.41, 5.74) is 2.91. The molecule has 0 atom stereocenters. The minimum Gasteiger partial charge on any atom is -0.282 e. The molecule has 2 rings (SSSR count). The summed E-state index contributed by atoms with van der Waals surface area (Å²) in [6, 6.07) is 0. The van der Waals surface area contributed by atoms with Crippen LogP contribution in [-0.2, 0) is 29.5 Å². The first kappa shape index (κ1) is 10.6. The van der Waals surface area contributed by atoms with Crippen LogP contribution in [0.15, 0.2) is 0 Å². The molecular weight excluding hydrogens is 219 g/mol. The second-order valence-electron chi connectivity index (χ2n) is 3.83. The molecule has 1 N–H and O–H groups in total. The number of halogens is 1. The molecule has 4 nitrogen and oxygen atoms in total. The van der Waals surface area contributed by atoms with Crippen LogP contribution in [0.3, 0.4) is 0 Å². The van der Waals surface area contributed by atoms with Gasteiger partial charge in [-0.15, -0.1) is 3.89 Å². The van der Waals surface area contributed by atoms with Crippen molar-refractivity contribution in [3.8, 4) is 0 Å². The molecule has 0 spiro atoms. The molecule has 0 fully saturated rings. The number of nitrogens with zero attached hydrogens (tertiary/aromatic N) is 1. The Bertz CT molecular complexity index is 453. The van der Waals surface area contributed by atoms with Gasteiger partial charge in [-0.05, 0) is 31.2 Å². The highest BCUT2D eigenvalue weighted by atomic mass is 32.3. The second kappa shape index (κ2) is 3.92. The van der Waals surface area contributed by atoms with Crippen LogP contribution < -0.4 is 0 Å². The van der Waals surface area contributed by atoms with Crippen LogP contribution in [0.25, 0.3) is 0 Å². The van der Waals surface area contributed by atoms with Crippen LogP contribution >= 0.6 is 0 Å². The van der Waals surface area contributed by atoms with Crippen molar-refractivity contribution in [2.24, 2.45) is 0 Å². The molecule has 0 aromatic carbocycles. The van der Waals surface area contributed by atoms with Gasteiger partial charge in [0, 0.05) is 12.1 Å². The van der Waals surface area contributed by atoms with E-state index in [2.05, 4.69) is 10.2 Å². The van der Waals surface area contributed by atoms with Gasteiger partial charge in [0.25, 0.3) is 0 Å². The highest BCUT2D eigenvalue weighted by Crippen LogP contribution is 2.22. The Hall–Kier alpha value is -0.910. The van der Waals surface area contributed by atoms with Crippen molar-refractivity contribution in [1.82, 2.24) is 10.2 Å². The van der Waals surface area contributed by atoms with E-state index in [1.807, 2.05) is 0 Å². The monoisotopic (exact) mass is 232 g/mol. The van der Waals surface area contributed by atoms with Crippen LogP contribution in [0.4, 0.5) is 3.89 Å². The molecule has 0 bridgehead atoms. The Labute approximate surface area is 88.1 Å². The molecule has 1 aliphatic carbocycles. The van der Waals surface area contributed by atoms with Crippen molar-refractivity contribution in [2.45, 2.75) is 32.1 Å². The van der Waals surface area contributed by atoms with Gasteiger partial charge in [-0.25, -0.2) is 0 Å². The molecule has 1 aromatic rings. The van der Waals surface area contributed by atoms with Crippen LogP contribution in [0.5, 0.6) is 0 Å². The molecule has 0 amide bonds. The standard InChI is InChI=1S/C9H13FN2O2S/c10-15(13,14)6-5-9-7-3-1-2-4-8(7)11-12-9/h1-6H2,(H,11,12). The Kier molecular flexibility index (Phi) is 2.77. The van der Waals surface area contributed by atoms with E-state index in [0.717, 1.165) is 36.9 Å². The molecule has 0 unspecified atom stereocenters. The van der Waals surface area contributed by atoms with Gasteiger partial charge in [-0.3, -0.25) is 5.10 Å². The van der Waals surface area contributed by atoms with Crippen LogP contribution in [0.2, 0.25) is 0 Å². The number of hydrogen-bond acceptors (Lipinski definition) is 3. The molecule has 6 heteroatoms. The maximum atomic E-state index is 12.3. The average Bonchev–Trinajstić information content (AvgIpc) is 2.57. The maximum Gasteiger partial charge on any atom is 0.302 e. The van der Waals surface area contributed by atoms with Gasteiger partial charge in [0.2, 0.25) is 0 Å². The predicted molar refractivity (Wildman–Crippen MR) is 53.8 cm³/mol. The normalized spacial score (nSPS) is 16.3. The Morgan fingerprint density at radius 2 is 2.07 bits per heavy atom. The van der Waals surface area contributed by atoms with E-state index in [9.17, 15) is 12.3 Å². The lowest BCUT2D eigenvalue weighted by Gasteiger charge is -2.10. The van der Waals surface area contributed by atoms with Gasteiger partial charge in [0.05, 0.1) is 11.4 Å². The molecule has 1 aromatic heterocycles. The number of fused-ring (bicyclic) bond motifs is 1. The fourth-order valence-corrected chi connectivity index (χ4v) is 2.41. The van der Waals surface area contributed by atoms with Gasteiger partial charge < -0.3 is 0 Å². The minimum atomic E-state index is -4.38. The van der Waals surface area contributed by atoms with Crippen LogP contribution in [0.1, 0.15) is 29.8 Å². The molecular formula is C9H13FN2O2S. The van der Waals surface area contributed by atoms with E-state index >= 15 is 0 Å². The van der Waals surface area contributed by atoms with Gasteiger partial charge >= 0.3 is 10.2 Å². The highest BCUT2D eigenvalue weighted by molar-refractivity contribution is 7.86. The average molecular weight is 232 g/mol. The largest absolute Gasteiger partial charge is 0.302 e. The summed E-state index contributed by atoms with van der Waals surface area (Å²) < 4.78 is 33.1. The first-order valence-electron chi connectivity index (χ1n) is 5.03. The fraction of sp³-hybridized carbons (Fsp3) is 0.667. The second-order valence-corrected chi connectivity index (χ2v) is 5.31. The van der Waals surface area contributed by atoms with Crippen molar-refractivity contribution in [3.05, 3.63) is 17.0 Å². The number of rotatable bonds is 3. The first-order chi connectivity index (χ1) is 7.06. The number of H-pyrrole nitrogens is 1. The summed E-state index contributed by atoms with van der Waals surface area (Å²) in [6.07, 6.45) is 4.29. The topological polar surface area (TPSA) is 62.8 Å². The quantitative estimate of drug-likeness (QED) is 0.795. The lowest BCUT2D eigenvalue weighted by molar-refractivity contribution is 0.551. The molecule has 1 heterocycles. The summed E-state index contributed by atoms with van der Waals surface area (Å²) in [6.45, 7) is 0. The SMILES string of the molecule is O=S(=O)(F)CCc1n[nH]c2c1CCCC2. The summed E-state index contributed by atoms with van der Waals surface area (Å²) in [5, 5.41) is 6.94.